The van der Waals surface area contributed by atoms with Crippen molar-refractivity contribution in [2.45, 2.75) is 57.4 Å². The SMILES string of the molecule is c1cc(C2CC(CN3CCCCC3)C2)ccc1CN1CCCC1. The van der Waals surface area contributed by atoms with Gasteiger partial charge in [-0.15, -0.1) is 0 Å². The molecule has 1 aliphatic carbocycles. The fraction of sp³-hybridized carbons (Fsp3) is 0.714. The van der Waals surface area contributed by atoms with E-state index in [0.29, 0.717) is 0 Å². The van der Waals surface area contributed by atoms with E-state index in [0.717, 1.165) is 18.4 Å². The Balaban J connectivity index is 1.23. The summed E-state index contributed by atoms with van der Waals surface area (Å²) in [6, 6.07) is 9.58. The molecule has 1 aromatic carbocycles. The van der Waals surface area contributed by atoms with E-state index in [4.69, 9.17) is 0 Å². The van der Waals surface area contributed by atoms with E-state index in [2.05, 4.69) is 34.1 Å². The Labute approximate surface area is 141 Å². The zero-order valence-electron chi connectivity index (χ0n) is 14.6. The fourth-order valence-electron chi connectivity index (χ4n) is 4.76. The lowest BCUT2D eigenvalue weighted by Crippen LogP contribution is -2.38. The van der Waals surface area contributed by atoms with Crippen molar-refractivity contribution in [1.82, 2.24) is 9.80 Å². The zero-order chi connectivity index (χ0) is 15.5. The summed E-state index contributed by atoms with van der Waals surface area (Å²) in [5.74, 6) is 1.80. The molecule has 2 saturated heterocycles. The molecule has 1 saturated carbocycles. The van der Waals surface area contributed by atoms with Crippen molar-refractivity contribution in [3.05, 3.63) is 35.4 Å². The van der Waals surface area contributed by atoms with E-state index in [-0.39, 0.29) is 0 Å². The van der Waals surface area contributed by atoms with Crippen molar-refractivity contribution in [2.24, 2.45) is 5.92 Å². The van der Waals surface area contributed by atoms with Crippen LogP contribution in [0.1, 0.15) is 62.0 Å². The molecule has 2 aliphatic heterocycles. The first kappa shape index (κ1) is 15.7. The van der Waals surface area contributed by atoms with Gasteiger partial charge in [-0.1, -0.05) is 30.7 Å². The van der Waals surface area contributed by atoms with Gasteiger partial charge in [0.1, 0.15) is 0 Å². The average Bonchev–Trinajstić information content (AvgIpc) is 3.06. The van der Waals surface area contributed by atoms with Gasteiger partial charge in [-0.05, 0) is 87.7 Å². The number of benzene rings is 1. The summed E-state index contributed by atoms with van der Waals surface area (Å²) in [4.78, 5) is 5.30. The van der Waals surface area contributed by atoms with Crippen molar-refractivity contribution in [2.75, 3.05) is 32.7 Å². The van der Waals surface area contributed by atoms with Crippen molar-refractivity contribution in [3.8, 4) is 0 Å². The second-order valence-corrected chi connectivity index (χ2v) is 8.12. The molecule has 4 rings (SSSR count). The molecule has 0 atom stereocenters. The second-order valence-electron chi connectivity index (χ2n) is 8.12. The average molecular weight is 313 g/mol. The topological polar surface area (TPSA) is 6.48 Å². The monoisotopic (exact) mass is 312 g/mol. The Hall–Kier alpha value is -0.860. The summed E-state index contributed by atoms with van der Waals surface area (Å²) >= 11 is 0. The molecular weight excluding hydrogens is 280 g/mol. The largest absolute Gasteiger partial charge is 0.303 e. The van der Waals surface area contributed by atoms with Crippen LogP contribution in [-0.2, 0) is 6.54 Å². The lowest BCUT2D eigenvalue weighted by Gasteiger charge is -2.40. The number of hydrogen-bond donors (Lipinski definition) is 0. The van der Waals surface area contributed by atoms with Crippen LogP contribution >= 0.6 is 0 Å². The Morgan fingerprint density at radius 3 is 2.04 bits per heavy atom. The van der Waals surface area contributed by atoms with Gasteiger partial charge in [0.05, 0.1) is 0 Å². The lowest BCUT2D eigenvalue weighted by atomic mass is 9.71. The summed E-state index contributed by atoms with van der Waals surface area (Å²) in [6.45, 7) is 7.82. The molecule has 0 bridgehead atoms. The van der Waals surface area contributed by atoms with Crippen LogP contribution in [0.3, 0.4) is 0 Å². The molecule has 126 valence electrons. The molecule has 2 heterocycles. The highest BCUT2D eigenvalue weighted by Gasteiger charge is 2.31. The van der Waals surface area contributed by atoms with Gasteiger partial charge in [0.2, 0.25) is 0 Å². The smallest absolute Gasteiger partial charge is 0.0233 e. The quantitative estimate of drug-likeness (QED) is 0.801. The first-order valence-electron chi connectivity index (χ1n) is 9.90. The minimum atomic E-state index is 0.839. The van der Waals surface area contributed by atoms with E-state index in [1.807, 2.05) is 0 Å². The molecule has 0 N–H and O–H groups in total. The van der Waals surface area contributed by atoms with Crippen molar-refractivity contribution in [1.29, 1.82) is 0 Å². The van der Waals surface area contributed by atoms with E-state index in [9.17, 15) is 0 Å². The molecule has 23 heavy (non-hydrogen) atoms. The fourth-order valence-corrected chi connectivity index (χ4v) is 4.76. The highest BCUT2D eigenvalue weighted by molar-refractivity contribution is 5.27. The maximum atomic E-state index is 2.71. The van der Waals surface area contributed by atoms with E-state index < -0.39 is 0 Å². The summed E-state index contributed by atoms with van der Waals surface area (Å²) < 4.78 is 0. The molecular formula is C21H32N2. The normalized spacial score (nSPS) is 29.6. The van der Waals surface area contributed by atoms with Crippen molar-refractivity contribution in [3.63, 3.8) is 0 Å². The van der Waals surface area contributed by atoms with Gasteiger partial charge in [0.25, 0.3) is 0 Å². The van der Waals surface area contributed by atoms with Gasteiger partial charge in [0, 0.05) is 13.1 Å². The van der Waals surface area contributed by atoms with Crippen molar-refractivity contribution < 1.29 is 0 Å². The van der Waals surface area contributed by atoms with E-state index in [1.54, 1.807) is 5.56 Å². The van der Waals surface area contributed by atoms with Gasteiger partial charge < -0.3 is 4.90 Å². The minimum Gasteiger partial charge on any atom is -0.303 e. The van der Waals surface area contributed by atoms with Crippen LogP contribution in [0.5, 0.6) is 0 Å². The highest BCUT2D eigenvalue weighted by Crippen LogP contribution is 2.42. The molecule has 0 unspecified atom stereocenters. The molecule has 3 aliphatic rings. The Kier molecular flexibility index (Phi) is 5.01. The number of piperidine rings is 1. The molecule has 0 spiro atoms. The van der Waals surface area contributed by atoms with E-state index in [1.165, 1.54) is 83.2 Å². The maximum absolute atomic E-state index is 2.71. The Morgan fingerprint density at radius 1 is 0.739 bits per heavy atom. The number of nitrogens with zero attached hydrogens (tertiary/aromatic N) is 2. The lowest BCUT2D eigenvalue weighted by molar-refractivity contribution is 0.140. The van der Waals surface area contributed by atoms with Crippen molar-refractivity contribution >= 4 is 0 Å². The van der Waals surface area contributed by atoms with Crippen LogP contribution in [0.15, 0.2) is 24.3 Å². The molecule has 0 radical (unpaired) electrons. The predicted molar refractivity (Wildman–Crippen MR) is 96.7 cm³/mol. The summed E-state index contributed by atoms with van der Waals surface area (Å²) in [6.07, 6.45) is 9.91. The standard InChI is InChI=1S/C21H32N2/c1-2-10-23(11-3-1)17-19-14-21(15-19)20-8-6-18(7-9-20)16-22-12-4-5-13-22/h6-9,19,21H,1-5,10-17H2. The van der Waals surface area contributed by atoms with Crippen LogP contribution in [0, 0.1) is 5.92 Å². The molecule has 1 aromatic rings. The second kappa shape index (κ2) is 7.36. The first-order chi connectivity index (χ1) is 11.4. The number of rotatable bonds is 5. The van der Waals surface area contributed by atoms with Gasteiger partial charge in [-0.25, -0.2) is 0 Å². The third-order valence-electron chi connectivity index (χ3n) is 6.26. The molecule has 0 amide bonds. The Bertz CT molecular complexity index is 477. The van der Waals surface area contributed by atoms with Crippen LogP contribution < -0.4 is 0 Å². The molecule has 2 nitrogen and oxygen atoms in total. The summed E-state index contributed by atoms with van der Waals surface area (Å²) in [7, 11) is 0. The van der Waals surface area contributed by atoms with Crippen LogP contribution in [0.4, 0.5) is 0 Å². The van der Waals surface area contributed by atoms with Gasteiger partial charge in [-0.3, -0.25) is 4.90 Å². The maximum Gasteiger partial charge on any atom is 0.0233 e. The van der Waals surface area contributed by atoms with Crippen LogP contribution in [-0.4, -0.2) is 42.5 Å². The first-order valence-corrected chi connectivity index (χ1v) is 9.90. The van der Waals surface area contributed by atoms with Gasteiger partial charge in [0.15, 0.2) is 0 Å². The molecule has 2 heteroatoms. The highest BCUT2D eigenvalue weighted by atomic mass is 15.1. The predicted octanol–water partition coefficient (Wildman–Crippen LogP) is 4.26. The summed E-state index contributed by atoms with van der Waals surface area (Å²) in [5, 5.41) is 0. The van der Waals surface area contributed by atoms with Crippen LogP contribution in [0.25, 0.3) is 0 Å². The van der Waals surface area contributed by atoms with Gasteiger partial charge in [-0.2, -0.15) is 0 Å². The number of hydrogen-bond acceptors (Lipinski definition) is 2. The van der Waals surface area contributed by atoms with Gasteiger partial charge >= 0.3 is 0 Å². The third kappa shape index (κ3) is 3.97. The zero-order valence-corrected chi connectivity index (χ0v) is 14.6. The minimum absolute atomic E-state index is 0.839. The molecule has 3 fully saturated rings. The van der Waals surface area contributed by atoms with E-state index >= 15 is 0 Å². The number of likely N-dealkylation sites (tertiary alicyclic amines) is 2. The molecule has 0 aromatic heterocycles. The third-order valence-corrected chi connectivity index (χ3v) is 6.26. The summed E-state index contributed by atoms with van der Waals surface area (Å²) in [5.41, 5.74) is 3.09. The van der Waals surface area contributed by atoms with Crippen LogP contribution in [0.2, 0.25) is 0 Å². The Morgan fingerprint density at radius 2 is 1.35 bits per heavy atom.